The second-order valence-corrected chi connectivity index (χ2v) is 6.21. The number of fused-ring (bicyclic) bond motifs is 7. The summed E-state index contributed by atoms with van der Waals surface area (Å²) in [7, 11) is 2.13. The van der Waals surface area contributed by atoms with Crippen LogP contribution < -0.4 is 4.57 Å². The molecule has 4 heteroatoms. The standard InChI is InChI=1S/C16H12N3S/c1-18-12-7-4-8-17-13(12)14-16(18)20-15-11-6-3-2-5-10(11)9-19(14)15/h2-8H,9H2,1H3/q+1. The molecule has 4 heterocycles. The number of aryl methyl sites for hydroxylation is 1. The van der Waals surface area contributed by atoms with Crippen molar-refractivity contribution in [2.24, 2.45) is 7.05 Å². The van der Waals surface area contributed by atoms with Gasteiger partial charge in [0.2, 0.25) is 0 Å². The van der Waals surface area contributed by atoms with Gasteiger partial charge in [-0.25, -0.2) is 4.98 Å². The molecule has 20 heavy (non-hydrogen) atoms. The first-order valence-corrected chi connectivity index (χ1v) is 7.50. The Bertz CT molecular complexity index is 994. The summed E-state index contributed by atoms with van der Waals surface area (Å²) >= 11 is 1.87. The maximum atomic E-state index is 4.61. The highest BCUT2D eigenvalue weighted by molar-refractivity contribution is 7.21. The molecule has 0 saturated heterocycles. The highest BCUT2D eigenvalue weighted by atomic mass is 32.1. The average molecular weight is 278 g/mol. The van der Waals surface area contributed by atoms with Gasteiger partial charge in [-0.1, -0.05) is 18.2 Å². The van der Waals surface area contributed by atoms with Gasteiger partial charge in [0.15, 0.2) is 16.9 Å². The number of hydrogen-bond acceptors (Lipinski definition) is 2. The predicted octanol–water partition coefficient (Wildman–Crippen LogP) is 3.10. The molecule has 5 rings (SSSR count). The normalized spacial score (nSPS) is 13.1. The minimum absolute atomic E-state index is 0.960. The smallest absolute Gasteiger partial charge is 0.272 e. The number of aromatic nitrogens is 3. The molecule has 1 aliphatic rings. The molecule has 0 saturated carbocycles. The Morgan fingerprint density at radius 3 is 3.05 bits per heavy atom. The summed E-state index contributed by atoms with van der Waals surface area (Å²) in [6.07, 6.45) is 1.88. The molecule has 0 spiro atoms. The Hall–Kier alpha value is -2.20. The predicted molar refractivity (Wildman–Crippen MR) is 80.8 cm³/mol. The zero-order valence-corrected chi connectivity index (χ0v) is 11.8. The second kappa shape index (κ2) is 3.46. The van der Waals surface area contributed by atoms with Crippen LogP contribution in [0.25, 0.3) is 32.0 Å². The minimum Gasteiger partial charge on any atom is -0.329 e. The molecule has 0 radical (unpaired) electrons. The average Bonchev–Trinajstić information content (AvgIpc) is 3.09. The van der Waals surface area contributed by atoms with Crippen molar-refractivity contribution in [3.63, 3.8) is 0 Å². The molecular weight excluding hydrogens is 266 g/mol. The van der Waals surface area contributed by atoms with Crippen molar-refractivity contribution in [1.29, 1.82) is 0 Å². The number of rotatable bonds is 0. The molecule has 4 aromatic rings. The maximum Gasteiger partial charge on any atom is 0.272 e. The van der Waals surface area contributed by atoms with E-state index in [-0.39, 0.29) is 0 Å². The Balaban J connectivity index is 1.97. The van der Waals surface area contributed by atoms with Gasteiger partial charge in [0.05, 0.1) is 11.1 Å². The number of hydrogen-bond donors (Lipinski definition) is 0. The van der Waals surface area contributed by atoms with Crippen LogP contribution >= 0.6 is 11.3 Å². The van der Waals surface area contributed by atoms with E-state index < -0.39 is 0 Å². The summed E-state index contributed by atoms with van der Waals surface area (Å²) in [6.45, 7) is 0.960. The molecule has 0 fully saturated rings. The largest absolute Gasteiger partial charge is 0.329 e. The fourth-order valence-corrected chi connectivity index (χ4v) is 4.51. The van der Waals surface area contributed by atoms with Gasteiger partial charge in [-0.2, -0.15) is 4.57 Å². The van der Waals surface area contributed by atoms with Crippen molar-refractivity contribution in [3.05, 3.63) is 48.2 Å². The van der Waals surface area contributed by atoms with Crippen molar-refractivity contribution in [1.82, 2.24) is 9.55 Å². The van der Waals surface area contributed by atoms with Crippen LogP contribution in [0.15, 0.2) is 42.6 Å². The van der Waals surface area contributed by atoms with Crippen LogP contribution in [0.2, 0.25) is 0 Å². The van der Waals surface area contributed by atoms with Gasteiger partial charge >= 0.3 is 0 Å². The van der Waals surface area contributed by atoms with E-state index in [2.05, 4.69) is 51.5 Å². The van der Waals surface area contributed by atoms with Gasteiger partial charge in [-0.3, -0.25) is 0 Å². The van der Waals surface area contributed by atoms with Gasteiger partial charge < -0.3 is 4.57 Å². The van der Waals surface area contributed by atoms with Crippen LogP contribution in [0.1, 0.15) is 5.56 Å². The highest BCUT2D eigenvalue weighted by Gasteiger charge is 2.34. The van der Waals surface area contributed by atoms with E-state index in [1.54, 1.807) is 0 Å². The molecule has 1 aliphatic heterocycles. The molecule has 3 nitrogen and oxygen atoms in total. The third kappa shape index (κ3) is 1.11. The summed E-state index contributed by atoms with van der Waals surface area (Å²) < 4.78 is 4.68. The monoisotopic (exact) mass is 278 g/mol. The van der Waals surface area contributed by atoms with Crippen molar-refractivity contribution in [2.75, 3.05) is 0 Å². The lowest BCUT2D eigenvalue weighted by Gasteiger charge is -1.93. The number of thiazole rings is 1. The van der Waals surface area contributed by atoms with Crippen LogP contribution in [0.3, 0.4) is 0 Å². The van der Waals surface area contributed by atoms with Gasteiger partial charge in [0, 0.05) is 18.8 Å². The Labute approximate surface area is 119 Å². The summed E-state index contributed by atoms with van der Waals surface area (Å²) in [5, 5.41) is 1.36. The lowest BCUT2D eigenvalue weighted by atomic mass is 10.1. The molecule has 0 unspecified atom stereocenters. The molecule has 0 aliphatic carbocycles. The molecule has 0 N–H and O–H groups in total. The van der Waals surface area contributed by atoms with E-state index in [9.17, 15) is 0 Å². The van der Waals surface area contributed by atoms with Crippen molar-refractivity contribution in [3.8, 4) is 10.6 Å². The Kier molecular flexibility index (Phi) is 1.83. The van der Waals surface area contributed by atoms with Gasteiger partial charge in [-0.05, 0) is 29.5 Å². The first-order valence-electron chi connectivity index (χ1n) is 6.68. The van der Waals surface area contributed by atoms with E-state index >= 15 is 0 Å². The fraction of sp³-hybridized carbons (Fsp3) is 0.125. The summed E-state index contributed by atoms with van der Waals surface area (Å²) in [4.78, 5) is 5.92. The van der Waals surface area contributed by atoms with E-state index in [0.717, 1.165) is 12.1 Å². The van der Waals surface area contributed by atoms with Crippen LogP contribution in [0.4, 0.5) is 0 Å². The summed E-state index contributed by atoms with van der Waals surface area (Å²) in [5.74, 6) is 0. The third-order valence-electron chi connectivity index (χ3n) is 4.16. The molecular formula is C16H12N3S+. The number of benzene rings is 1. The topological polar surface area (TPSA) is 21.7 Å². The van der Waals surface area contributed by atoms with E-state index in [1.807, 2.05) is 23.6 Å². The molecule has 0 amide bonds. The fourth-order valence-electron chi connectivity index (χ4n) is 3.22. The van der Waals surface area contributed by atoms with Crippen molar-refractivity contribution < 1.29 is 4.57 Å². The first kappa shape index (κ1) is 10.6. The Morgan fingerprint density at radius 1 is 1.20 bits per heavy atom. The molecule has 0 bridgehead atoms. The lowest BCUT2D eigenvalue weighted by molar-refractivity contribution is -0.641. The van der Waals surface area contributed by atoms with Crippen LogP contribution in [0, 0.1) is 0 Å². The van der Waals surface area contributed by atoms with Crippen LogP contribution in [-0.4, -0.2) is 9.55 Å². The van der Waals surface area contributed by atoms with E-state index in [4.69, 9.17) is 0 Å². The van der Waals surface area contributed by atoms with Crippen LogP contribution in [0.5, 0.6) is 0 Å². The van der Waals surface area contributed by atoms with Gasteiger partial charge in [0.1, 0.15) is 0 Å². The molecule has 0 atom stereocenters. The SMILES string of the molecule is Cn1c2cccnc2c2c1sc1[n+]2Cc2ccccc2-1. The number of nitrogens with zero attached hydrogens (tertiary/aromatic N) is 3. The Morgan fingerprint density at radius 2 is 2.10 bits per heavy atom. The third-order valence-corrected chi connectivity index (χ3v) is 5.46. The first-order chi connectivity index (χ1) is 9.84. The second-order valence-electron chi connectivity index (χ2n) is 5.23. The molecule has 96 valence electrons. The summed E-state index contributed by atoms with van der Waals surface area (Å²) in [6, 6.07) is 12.8. The lowest BCUT2D eigenvalue weighted by Crippen LogP contribution is -2.30. The zero-order chi connectivity index (χ0) is 13.3. The van der Waals surface area contributed by atoms with Crippen molar-refractivity contribution in [2.45, 2.75) is 6.54 Å². The quantitative estimate of drug-likeness (QED) is 0.399. The summed E-state index contributed by atoms with van der Waals surface area (Å²) in [5.41, 5.74) is 6.38. The number of pyridine rings is 1. The van der Waals surface area contributed by atoms with Crippen LogP contribution in [-0.2, 0) is 13.6 Å². The van der Waals surface area contributed by atoms with Crippen molar-refractivity contribution >= 4 is 32.7 Å². The minimum atomic E-state index is 0.960. The van der Waals surface area contributed by atoms with Gasteiger partial charge in [-0.15, -0.1) is 0 Å². The maximum absolute atomic E-state index is 4.61. The van der Waals surface area contributed by atoms with Gasteiger partial charge in [0.25, 0.3) is 10.5 Å². The van der Waals surface area contributed by atoms with E-state index in [1.165, 1.54) is 32.0 Å². The molecule has 1 aromatic carbocycles. The highest BCUT2D eigenvalue weighted by Crippen LogP contribution is 2.38. The zero-order valence-electron chi connectivity index (χ0n) is 11.0. The van der Waals surface area contributed by atoms with E-state index in [0.29, 0.717) is 0 Å². The molecule has 3 aromatic heterocycles.